The minimum atomic E-state index is -0.0976. The molecule has 2 rings (SSSR count). The highest BCUT2D eigenvalue weighted by molar-refractivity contribution is 5.95. The van der Waals surface area contributed by atoms with Crippen LogP contribution in [0.5, 0.6) is 0 Å². The number of nitrogens with zero attached hydrogens (tertiary/aromatic N) is 1. The van der Waals surface area contributed by atoms with Gasteiger partial charge in [0, 0.05) is 11.2 Å². The molecular weight excluding hydrogens is 297 g/mol. The molecule has 4 nitrogen and oxygen atoms in total. The van der Waals surface area contributed by atoms with Crippen LogP contribution in [0.3, 0.4) is 0 Å². The van der Waals surface area contributed by atoms with Crippen molar-refractivity contribution in [3.05, 3.63) is 29.1 Å². The summed E-state index contributed by atoms with van der Waals surface area (Å²) in [6.45, 7) is 7.85. The smallest absolute Gasteiger partial charge is 0.253 e. The van der Waals surface area contributed by atoms with Crippen molar-refractivity contribution in [1.82, 2.24) is 15.6 Å². The summed E-state index contributed by atoms with van der Waals surface area (Å²) >= 11 is 0. The lowest BCUT2D eigenvalue weighted by atomic mass is 9.90. The van der Waals surface area contributed by atoms with Crippen LogP contribution >= 0.6 is 24.8 Å². The molecule has 0 radical (unpaired) electrons. The van der Waals surface area contributed by atoms with Gasteiger partial charge in [0.15, 0.2) is 0 Å². The Morgan fingerprint density at radius 1 is 1.25 bits per heavy atom. The zero-order chi connectivity index (χ0) is 13.2. The van der Waals surface area contributed by atoms with Crippen molar-refractivity contribution in [3.63, 3.8) is 0 Å². The van der Waals surface area contributed by atoms with Crippen molar-refractivity contribution >= 4 is 30.7 Å². The standard InChI is InChI=1S/C14H21N3O.2ClH/c1-10-4-5-12(11(2)16-10)13(18)17-14(3)6-8-15-9-7-14;;/h4-5,15H,6-9H2,1-3H3,(H,17,18);2*1H. The summed E-state index contributed by atoms with van der Waals surface area (Å²) in [5.74, 6) is -0.00981. The maximum atomic E-state index is 12.3. The summed E-state index contributed by atoms with van der Waals surface area (Å²) < 4.78 is 0. The third-order valence-corrected chi connectivity index (χ3v) is 3.59. The molecule has 0 unspecified atom stereocenters. The number of pyridine rings is 1. The summed E-state index contributed by atoms with van der Waals surface area (Å²) in [6.07, 6.45) is 1.94. The molecule has 0 spiro atoms. The Kier molecular flexibility index (Phi) is 7.49. The molecule has 0 bridgehead atoms. The van der Waals surface area contributed by atoms with Gasteiger partial charge in [-0.25, -0.2) is 0 Å². The summed E-state index contributed by atoms with van der Waals surface area (Å²) in [5.41, 5.74) is 2.32. The van der Waals surface area contributed by atoms with Gasteiger partial charge in [0.05, 0.1) is 11.3 Å². The highest BCUT2D eigenvalue weighted by atomic mass is 35.5. The minimum absolute atomic E-state index is 0. The van der Waals surface area contributed by atoms with E-state index in [1.54, 1.807) is 0 Å². The number of piperidine rings is 1. The third-order valence-electron chi connectivity index (χ3n) is 3.59. The van der Waals surface area contributed by atoms with Gasteiger partial charge in [-0.15, -0.1) is 24.8 Å². The van der Waals surface area contributed by atoms with E-state index in [9.17, 15) is 4.79 Å². The number of amides is 1. The summed E-state index contributed by atoms with van der Waals surface area (Å²) in [4.78, 5) is 16.6. The van der Waals surface area contributed by atoms with Crippen LogP contribution in [-0.4, -0.2) is 29.5 Å². The van der Waals surface area contributed by atoms with E-state index >= 15 is 0 Å². The largest absolute Gasteiger partial charge is 0.347 e. The average molecular weight is 320 g/mol. The van der Waals surface area contributed by atoms with Crippen LogP contribution in [0.25, 0.3) is 0 Å². The Hall–Kier alpha value is -0.840. The minimum Gasteiger partial charge on any atom is -0.347 e. The number of hydrogen-bond donors (Lipinski definition) is 2. The van der Waals surface area contributed by atoms with Crippen molar-refractivity contribution in [2.45, 2.75) is 39.2 Å². The second-order valence-corrected chi connectivity index (χ2v) is 5.35. The van der Waals surface area contributed by atoms with Gasteiger partial charge in [-0.3, -0.25) is 9.78 Å². The normalized spacial score (nSPS) is 16.6. The van der Waals surface area contributed by atoms with Gasteiger partial charge < -0.3 is 10.6 Å². The molecule has 114 valence electrons. The van der Waals surface area contributed by atoms with Crippen molar-refractivity contribution in [1.29, 1.82) is 0 Å². The number of halogens is 2. The molecule has 1 amide bonds. The van der Waals surface area contributed by atoms with Crippen LogP contribution in [0.1, 0.15) is 41.5 Å². The maximum Gasteiger partial charge on any atom is 0.253 e. The lowest BCUT2D eigenvalue weighted by Crippen LogP contribution is -2.52. The Morgan fingerprint density at radius 2 is 1.85 bits per heavy atom. The van der Waals surface area contributed by atoms with Gasteiger partial charge in [0.1, 0.15) is 0 Å². The number of aromatic nitrogens is 1. The summed E-state index contributed by atoms with van der Waals surface area (Å²) in [6, 6.07) is 3.74. The molecule has 0 aromatic carbocycles. The number of nitrogens with one attached hydrogen (secondary N) is 2. The van der Waals surface area contributed by atoms with Crippen molar-refractivity contribution in [2.75, 3.05) is 13.1 Å². The van der Waals surface area contributed by atoms with Gasteiger partial charge in [0.25, 0.3) is 5.91 Å². The van der Waals surface area contributed by atoms with E-state index < -0.39 is 0 Å². The van der Waals surface area contributed by atoms with Crippen molar-refractivity contribution < 1.29 is 4.79 Å². The fourth-order valence-corrected chi connectivity index (χ4v) is 2.37. The topological polar surface area (TPSA) is 54.0 Å². The van der Waals surface area contributed by atoms with Gasteiger partial charge in [-0.05, 0) is 58.8 Å². The average Bonchev–Trinajstić information content (AvgIpc) is 2.28. The first-order valence-corrected chi connectivity index (χ1v) is 6.48. The molecule has 2 heterocycles. The Labute approximate surface area is 132 Å². The van der Waals surface area contributed by atoms with Crippen LogP contribution in [0.15, 0.2) is 12.1 Å². The molecule has 1 aliphatic heterocycles. The van der Waals surface area contributed by atoms with Crippen LogP contribution in [-0.2, 0) is 0 Å². The summed E-state index contributed by atoms with van der Waals surface area (Å²) in [5, 5.41) is 6.46. The highest BCUT2D eigenvalue weighted by Crippen LogP contribution is 2.18. The highest BCUT2D eigenvalue weighted by Gasteiger charge is 2.29. The fraction of sp³-hybridized carbons (Fsp3) is 0.571. The molecule has 1 fully saturated rings. The molecular formula is C14H23Cl2N3O. The van der Waals surface area contributed by atoms with Crippen LogP contribution in [0, 0.1) is 13.8 Å². The number of rotatable bonds is 2. The second kappa shape index (κ2) is 7.81. The Morgan fingerprint density at radius 3 is 2.40 bits per heavy atom. The van der Waals surface area contributed by atoms with Crippen LogP contribution in [0.2, 0.25) is 0 Å². The van der Waals surface area contributed by atoms with E-state index in [0.717, 1.165) is 37.3 Å². The number of aryl methyl sites for hydroxylation is 2. The molecule has 1 aromatic rings. The lowest BCUT2D eigenvalue weighted by Gasteiger charge is -2.35. The zero-order valence-corrected chi connectivity index (χ0v) is 13.8. The molecule has 0 saturated carbocycles. The van der Waals surface area contributed by atoms with E-state index in [1.807, 2.05) is 26.0 Å². The van der Waals surface area contributed by atoms with Crippen LogP contribution in [0.4, 0.5) is 0 Å². The van der Waals surface area contributed by atoms with E-state index in [0.29, 0.717) is 5.56 Å². The molecule has 2 N–H and O–H groups in total. The van der Waals surface area contributed by atoms with Crippen molar-refractivity contribution in [3.8, 4) is 0 Å². The lowest BCUT2D eigenvalue weighted by molar-refractivity contribution is 0.0886. The summed E-state index contributed by atoms with van der Waals surface area (Å²) in [7, 11) is 0. The predicted octanol–water partition coefficient (Wildman–Crippen LogP) is 2.41. The van der Waals surface area contributed by atoms with E-state index in [4.69, 9.17) is 0 Å². The molecule has 1 aromatic heterocycles. The first-order valence-electron chi connectivity index (χ1n) is 6.48. The fourth-order valence-electron chi connectivity index (χ4n) is 2.37. The molecule has 1 saturated heterocycles. The monoisotopic (exact) mass is 319 g/mol. The Bertz CT molecular complexity index is 460. The van der Waals surface area contributed by atoms with E-state index in [-0.39, 0.29) is 36.3 Å². The van der Waals surface area contributed by atoms with Gasteiger partial charge in [-0.1, -0.05) is 0 Å². The van der Waals surface area contributed by atoms with E-state index in [1.165, 1.54) is 0 Å². The maximum absolute atomic E-state index is 12.3. The first kappa shape index (κ1) is 19.2. The molecule has 20 heavy (non-hydrogen) atoms. The molecule has 6 heteroatoms. The number of hydrogen-bond acceptors (Lipinski definition) is 3. The molecule has 0 aliphatic carbocycles. The predicted molar refractivity (Wildman–Crippen MR) is 86.2 cm³/mol. The second-order valence-electron chi connectivity index (χ2n) is 5.35. The zero-order valence-electron chi connectivity index (χ0n) is 12.2. The molecule has 0 atom stereocenters. The van der Waals surface area contributed by atoms with Crippen LogP contribution < -0.4 is 10.6 Å². The number of carbonyl (C=O) groups excluding carboxylic acids is 1. The van der Waals surface area contributed by atoms with Gasteiger partial charge in [-0.2, -0.15) is 0 Å². The van der Waals surface area contributed by atoms with E-state index in [2.05, 4.69) is 22.5 Å². The quantitative estimate of drug-likeness (QED) is 0.880. The molecule has 1 aliphatic rings. The number of carbonyl (C=O) groups is 1. The SMILES string of the molecule is Cc1ccc(C(=O)NC2(C)CCNCC2)c(C)n1.Cl.Cl. The van der Waals surface area contributed by atoms with Crippen molar-refractivity contribution in [2.24, 2.45) is 0 Å². The Balaban J connectivity index is 0.00000180. The van der Waals surface area contributed by atoms with Gasteiger partial charge in [0.2, 0.25) is 0 Å². The third kappa shape index (κ3) is 4.62. The van der Waals surface area contributed by atoms with Gasteiger partial charge >= 0.3 is 0 Å². The first-order chi connectivity index (χ1) is 8.50.